The molecule has 0 aromatic carbocycles. The van der Waals surface area contributed by atoms with Crippen LogP contribution < -0.4 is 11.3 Å². The van der Waals surface area contributed by atoms with Gasteiger partial charge in [0, 0.05) is 12.5 Å². The monoisotopic (exact) mass is 159 g/mol. The van der Waals surface area contributed by atoms with Crippen molar-refractivity contribution in [2.45, 2.75) is 25.8 Å². The Kier molecular flexibility index (Phi) is 4.81. The van der Waals surface area contributed by atoms with Crippen LogP contribution in [0.5, 0.6) is 0 Å². The van der Waals surface area contributed by atoms with Gasteiger partial charge in [-0.25, -0.2) is 5.84 Å². The largest absolute Gasteiger partial charge is 0.307 e. The lowest BCUT2D eigenvalue weighted by molar-refractivity contribution is -0.121. The minimum Gasteiger partial charge on any atom is -0.307 e. The summed E-state index contributed by atoms with van der Waals surface area (Å²) < 4.78 is 0. The maximum Gasteiger partial charge on any atom is 0.233 e. The summed E-state index contributed by atoms with van der Waals surface area (Å²) in [6.07, 6.45) is 1.34. The zero-order valence-electron chi connectivity index (χ0n) is 7.42. The first kappa shape index (κ1) is 10.4. The third-order valence-corrected chi connectivity index (χ3v) is 1.83. The summed E-state index contributed by atoms with van der Waals surface area (Å²) in [5.74, 6) is 4.82. The Labute approximate surface area is 67.7 Å². The highest BCUT2D eigenvalue weighted by molar-refractivity contribution is 5.75. The van der Waals surface area contributed by atoms with Crippen LogP contribution in [0.15, 0.2) is 0 Å². The summed E-state index contributed by atoms with van der Waals surface area (Å²) >= 11 is 0. The minimum atomic E-state index is -0.0984. The average molecular weight is 159 g/mol. The normalized spacial score (nSPS) is 13.2. The van der Waals surface area contributed by atoms with Crippen LogP contribution in [-0.2, 0) is 4.79 Å². The molecule has 0 bridgehead atoms. The fourth-order valence-electron chi connectivity index (χ4n) is 0.670. The Morgan fingerprint density at radius 3 is 2.55 bits per heavy atom. The summed E-state index contributed by atoms with van der Waals surface area (Å²) in [5, 5.41) is 0. The molecule has 1 amide bonds. The first-order valence-electron chi connectivity index (χ1n) is 3.73. The summed E-state index contributed by atoms with van der Waals surface area (Å²) in [6.45, 7) is 2.07. The molecule has 0 radical (unpaired) electrons. The Balaban J connectivity index is 3.45. The van der Waals surface area contributed by atoms with Gasteiger partial charge in [-0.3, -0.25) is 10.2 Å². The number of hydrogen-bond acceptors (Lipinski definition) is 3. The lowest BCUT2D eigenvalue weighted by Crippen LogP contribution is -2.32. The lowest BCUT2D eigenvalue weighted by atomic mass is 10.1. The van der Waals surface area contributed by atoms with Gasteiger partial charge < -0.3 is 4.90 Å². The van der Waals surface area contributed by atoms with Gasteiger partial charge >= 0.3 is 0 Å². The molecule has 0 saturated heterocycles. The maximum absolute atomic E-state index is 10.7. The minimum absolute atomic E-state index is 0.0984. The SMILES string of the molecule is CC(CCC(=O)NN)N(C)C. The Bertz CT molecular complexity index is 125. The summed E-state index contributed by atoms with van der Waals surface area (Å²) in [4.78, 5) is 12.8. The smallest absolute Gasteiger partial charge is 0.233 e. The van der Waals surface area contributed by atoms with E-state index in [2.05, 4.69) is 17.2 Å². The van der Waals surface area contributed by atoms with Gasteiger partial charge in [-0.05, 0) is 27.4 Å². The van der Waals surface area contributed by atoms with Crippen LogP contribution in [0.2, 0.25) is 0 Å². The molecule has 0 aliphatic rings. The molecule has 0 aliphatic heterocycles. The quantitative estimate of drug-likeness (QED) is 0.336. The molecule has 3 N–H and O–H groups in total. The fourth-order valence-corrected chi connectivity index (χ4v) is 0.670. The van der Waals surface area contributed by atoms with Crippen molar-refractivity contribution in [3.63, 3.8) is 0 Å². The zero-order valence-corrected chi connectivity index (χ0v) is 7.42. The highest BCUT2D eigenvalue weighted by atomic mass is 16.2. The summed E-state index contributed by atoms with van der Waals surface area (Å²) in [6, 6.07) is 0.423. The van der Waals surface area contributed by atoms with E-state index in [1.54, 1.807) is 0 Å². The van der Waals surface area contributed by atoms with Gasteiger partial charge in [0.15, 0.2) is 0 Å². The van der Waals surface area contributed by atoms with Gasteiger partial charge in [-0.1, -0.05) is 0 Å². The van der Waals surface area contributed by atoms with Crippen LogP contribution in [-0.4, -0.2) is 30.9 Å². The molecule has 0 aromatic heterocycles. The zero-order chi connectivity index (χ0) is 8.85. The van der Waals surface area contributed by atoms with Gasteiger partial charge in [0.05, 0.1) is 0 Å². The van der Waals surface area contributed by atoms with Crippen molar-refractivity contribution < 1.29 is 4.79 Å². The van der Waals surface area contributed by atoms with E-state index in [-0.39, 0.29) is 5.91 Å². The molecule has 0 aromatic rings. The number of rotatable bonds is 4. The number of nitrogens with one attached hydrogen (secondary N) is 1. The molecule has 1 unspecified atom stereocenters. The van der Waals surface area contributed by atoms with Crippen LogP contribution in [0.4, 0.5) is 0 Å². The fraction of sp³-hybridized carbons (Fsp3) is 0.857. The molecule has 0 aliphatic carbocycles. The first-order valence-corrected chi connectivity index (χ1v) is 3.73. The second-order valence-electron chi connectivity index (χ2n) is 2.92. The molecule has 0 saturated carbocycles. The van der Waals surface area contributed by atoms with Gasteiger partial charge in [0.2, 0.25) is 5.91 Å². The van der Waals surface area contributed by atoms with Crippen molar-refractivity contribution in [2.24, 2.45) is 5.84 Å². The van der Waals surface area contributed by atoms with E-state index in [0.29, 0.717) is 12.5 Å². The lowest BCUT2D eigenvalue weighted by Gasteiger charge is -2.18. The summed E-state index contributed by atoms with van der Waals surface area (Å²) in [5.41, 5.74) is 2.10. The molecular weight excluding hydrogens is 142 g/mol. The predicted molar refractivity (Wildman–Crippen MR) is 44.7 cm³/mol. The molecule has 1 atom stereocenters. The highest BCUT2D eigenvalue weighted by Gasteiger charge is 2.06. The summed E-state index contributed by atoms with van der Waals surface area (Å²) in [7, 11) is 3.98. The number of nitrogens with zero attached hydrogens (tertiary/aromatic N) is 1. The van der Waals surface area contributed by atoms with Gasteiger partial charge in [0.25, 0.3) is 0 Å². The van der Waals surface area contributed by atoms with Crippen LogP contribution in [0.1, 0.15) is 19.8 Å². The number of amides is 1. The number of carbonyl (C=O) groups excluding carboxylic acids is 1. The van der Waals surface area contributed by atoms with Crippen molar-refractivity contribution in [3.05, 3.63) is 0 Å². The predicted octanol–water partition coefficient (Wildman–Crippen LogP) is -0.293. The average Bonchev–Trinajstić information content (AvgIpc) is 1.99. The third kappa shape index (κ3) is 4.75. The van der Waals surface area contributed by atoms with Crippen LogP contribution in [0.25, 0.3) is 0 Å². The Morgan fingerprint density at radius 1 is 1.64 bits per heavy atom. The van der Waals surface area contributed by atoms with Crippen molar-refractivity contribution >= 4 is 5.91 Å². The standard InChI is InChI=1S/C7H17N3O/c1-6(10(2)3)4-5-7(11)9-8/h6H,4-5,8H2,1-3H3,(H,9,11). The molecule has 0 spiro atoms. The molecule has 0 heterocycles. The van der Waals surface area contributed by atoms with Crippen LogP contribution in [0, 0.1) is 0 Å². The van der Waals surface area contributed by atoms with E-state index in [9.17, 15) is 4.79 Å². The molecular formula is C7H17N3O. The molecule has 11 heavy (non-hydrogen) atoms. The number of hydrogen-bond donors (Lipinski definition) is 2. The van der Waals surface area contributed by atoms with Gasteiger partial charge in [-0.2, -0.15) is 0 Å². The van der Waals surface area contributed by atoms with E-state index in [0.717, 1.165) is 6.42 Å². The molecule has 0 rings (SSSR count). The molecule has 4 nitrogen and oxygen atoms in total. The first-order chi connectivity index (χ1) is 5.07. The Morgan fingerprint density at radius 2 is 2.18 bits per heavy atom. The third-order valence-electron chi connectivity index (χ3n) is 1.83. The van der Waals surface area contributed by atoms with Crippen molar-refractivity contribution in [1.82, 2.24) is 10.3 Å². The van der Waals surface area contributed by atoms with E-state index < -0.39 is 0 Å². The second kappa shape index (κ2) is 5.09. The highest BCUT2D eigenvalue weighted by Crippen LogP contribution is 2.00. The van der Waals surface area contributed by atoms with E-state index in [1.807, 2.05) is 14.1 Å². The molecule has 4 heteroatoms. The van der Waals surface area contributed by atoms with Gasteiger partial charge in [0.1, 0.15) is 0 Å². The van der Waals surface area contributed by atoms with E-state index in [1.165, 1.54) is 0 Å². The maximum atomic E-state index is 10.7. The number of carbonyl (C=O) groups is 1. The van der Waals surface area contributed by atoms with Gasteiger partial charge in [-0.15, -0.1) is 0 Å². The number of nitrogens with two attached hydrogens (primary N) is 1. The van der Waals surface area contributed by atoms with E-state index in [4.69, 9.17) is 5.84 Å². The molecule has 0 fully saturated rings. The second-order valence-corrected chi connectivity index (χ2v) is 2.92. The Hall–Kier alpha value is -0.610. The topological polar surface area (TPSA) is 58.4 Å². The van der Waals surface area contributed by atoms with Crippen molar-refractivity contribution in [1.29, 1.82) is 0 Å². The number of hydrazine groups is 1. The molecule has 66 valence electrons. The van der Waals surface area contributed by atoms with Crippen LogP contribution >= 0.6 is 0 Å². The van der Waals surface area contributed by atoms with Crippen molar-refractivity contribution in [3.8, 4) is 0 Å². The van der Waals surface area contributed by atoms with E-state index >= 15 is 0 Å². The van der Waals surface area contributed by atoms with Crippen LogP contribution in [0.3, 0.4) is 0 Å². The van der Waals surface area contributed by atoms with Crippen molar-refractivity contribution in [2.75, 3.05) is 14.1 Å².